The number of amides is 1. The van der Waals surface area contributed by atoms with E-state index >= 15 is 0 Å². The number of anilines is 1. The van der Waals surface area contributed by atoms with Crippen molar-refractivity contribution in [2.75, 3.05) is 5.32 Å². The number of rotatable bonds is 2. The van der Waals surface area contributed by atoms with Gasteiger partial charge in [0.25, 0.3) is 0 Å². The van der Waals surface area contributed by atoms with Crippen LogP contribution in [0.5, 0.6) is 0 Å². The van der Waals surface area contributed by atoms with E-state index in [-0.39, 0.29) is 28.0 Å². The lowest BCUT2D eigenvalue weighted by Gasteiger charge is -2.25. The molecule has 1 amide bonds. The van der Waals surface area contributed by atoms with Crippen molar-refractivity contribution in [1.29, 1.82) is 0 Å². The molecule has 21 heavy (non-hydrogen) atoms. The minimum Gasteiger partial charge on any atom is -0.328 e. The molecule has 0 aromatic heterocycles. The van der Waals surface area contributed by atoms with Gasteiger partial charge in [0.05, 0.1) is 5.56 Å². The Morgan fingerprint density at radius 3 is 2.62 bits per heavy atom. The zero-order chi connectivity index (χ0) is 15.6. The van der Waals surface area contributed by atoms with Gasteiger partial charge in [-0.2, -0.15) is 13.2 Å². The van der Waals surface area contributed by atoms with Crippen LogP contribution in [0, 0.1) is 5.92 Å². The number of alkyl halides is 3. The lowest BCUT2D eigenvalue weighted by atomic mass is 9.85. The van der Waals surface area contributed by atoms with Crippen molar-refractivity contribution in [2.45, 2.75) is 37.9 Å². The number of carbonyl (C=O) groups excluding carboxylic acids is 1. The second-order valence-corrected chi connectivity index (χ2v) is 6.25. The van der Waals surface area contributed by atoms with E-state index in [9.17, 15) is 18.0 Å². The molecule has 1 aromatic carbocycles. The van der Waals surface area contributed by atoms with Gasteiger partial charge in [0.15, 0.2) is 0 Å². The summed E-state index contributed by atoms with van der Waals surface area (Å²) in [4.78, 5) is 12.1. The third-order valence-corrected chi connectivity index (χ3v) is 4.04. The lowest BCUT2D eigenvalue weighted by Crippen LogP contribution is -2.34. The maximum atomic E-state index is 12.7. The molecule has 1 fully saturated rings. The first kappa shape index (κ1) is 16.3. The van der Waals surface area contributed by atoms with Crippen LogP contribution in [0.3, 0.4) is 0 Å². The summed E-state index contributed by atoms with van der Waals surface area (Å²) in [6.45, 7) is 0. The van der Waals surface area contributed by atoms with Gasteiger partial charge in [-0.05, 0) is 37.5 Å². The highest BCUT2D eigenvalue weighted by atomic mass is 79.9. The topological polar surface area (TPSA) is 55.1 Å². The van der Waals surface area contributed by atoms with Crippen LogP contribution >= 0.6 is 15.9 Å². The van der Waals surface area contributed by atoms with Crippen LogP contribution in [0.25, 0.3) is 0 Å². The molecule has 0 aliphatic heterocycles. The Bertz CT molecular complexity index is 533. The summed E-state index contributed by atoms with van der Waals surface area (Å²) >= 11 is 3.03. The van der Waals surface area contributed by atoms with Gasteiger partial charge >= 0.3 is 6.18 Å². The molecule has 1 saturated carbocycles. The maximum Gasteiger partial charge on any atom is 0.416 e. The number of nitrogens with two attached hydrogens (primary N) is 1. The number of halogens is 4. The van der Waals surface area contributed by atoms with Crippen LogP contribution in [-0.4, -0.2) is 11.9 Å². The summed E-state index contributed by atoms with van der Waals surface area (Å²) in [6.07, 6.45) is -1.40. The van der Waals surface area contributed by atoms with Crippen LogP contribution in [-0.2, 0) is 11.0 Å². The van der Waals surface area contributed by atoms with Crippen LogP contribution in [0.1, 0.15) is 31.2 Å². The third kappa shape index (κ3) is 4.44. The Labute approximate surface area is 129 Å². The van der Waals surface area contributed by atoms with Gasteiger partial charge < -0.3 is 11.1 Å². The first-order valence-electron chi connectivity index (χ1n) is 6.70. The van der Waals surface area contributed by atoms with Gasteiger partial charge in [-0.15, -0.1) is 0 Å². The van der Waals surface area contributed by atoms with Gasteiger partial charge in [-0.1, -0.05) is 22.4 Å². The molecule has 0 radical (unpaired) electrons. The molecule has 0 bridgehead atoms. The predicted molar refractivity (Wildman–Crippen MR) is 77.7 cm³/mol. The average molecular weight is 365 g/mol. The van der Waals surface area contributed by atoms with E-state index in [1.165, 1.54) is 6.07 Å². The lowest BCUT2D eigenvalue weighted by molar-refractivity contribution is -0.137. The average Bonchev–Trinajstić information content (AvgIpc) is 2.37. The SMILES string of the molecule is NC1CCCC(C(=O)Nc2cc(Br)cc(C(F)(F)F)c2)C1. The van der Waals surface area contributed by atoms with E-state index in [2.05, 4.69) is 21.2 Å². The number of carbonyl (C=O) groups is 1. The summed E-state index contributed by atoms with van der Waals surface area (Å²) in [5, 5.41) is 2.56. The minimum absolute atomic E-state index is 0.0113. The Morgan fingerprint density at radius 1 is 1.29 bits per heavy atom. The summed E-state index contributed by atoms with van der Waals surface area (Å²) in [6, 6.07) is 3.36. The van der Waals surface area contributed by atoms with Crippen LogP contribution < -0.4 is 11.1 Å². The molecular weight excluding hydrogens is 349 g/mol. The van der Waals surface area contributed by atoms with Crippen LogP contribution in [0.2, 0.25) is 0 Å². The summed E-state index contributed by atoms with van der Waals surface area (Å²) in [7, 11) is 0. The smallest absolute Gasteiger partial charge is 0.328 e. The van der Waals surface area contributed by atoms with Crippen molar-refractivity contribution in [3.63, 3.8) is 0 Å². The normalized spacial score (nSPS) is 22.9. The fourth-order valence-corrected chi connectivity index (χ4v) is 3.03. The second kappa shape index (κ2) is 6.36. The number of benzene rings is 1. The van der Waals surface area contributed by atoms with Crippen LogP contribution in [0.4, 0.5) is 18.9 Å². The molecule has 3 nitrogen and oxygen atoms in total. The quantitative estimate of drug-likeness (QED) is 0.835. The standard InChI is InChI=1S/C14H16BrF3N2O/c15-10-5-9(14(16,17)18)6-12(7-10)20-13(21)8-2-1-3-11(19)4-8/h5-8,11H,1-4,19H2,(H,20,21). The Morgan fingerprint density at radius 2 is 2.00 bits per heavy atom. The van der Waals surface area contributed by atoms with Gasteiger partial charge in [-0.3, -0.25) is 4.79 Å². The number of nitrogens with one attached hydrogen (secondary N) is 1. The predicted octanol–water partition coefficient (Wildman–Crippen LogP) is 3.92. The van der Waals surface area contributed by atoms with Crippen molar-refractivity contribution in [3.05, 3.63) is 28.2 Å². The second-order valence-electron chi connectivity index (χ2n) is 5.34. The molecule has 7 heteroatoms. The van der Waals surface area contributed by atoms with Crippen molar-refractivity contribution in [2.24, 2.45) is 11.7 Å². The molecule has 1 aliphatic rings. The molecular formula is C14H16BrF3N2O. The first-order valence-corrected chi connectivity index (χ1v) is 7.49. The Hall–Kier alpha value is -1.08. The Balaban J connectivity index is 2.12. The van der Waals surface area contributed by atoms with Gasteiger partial charge in [0.1, 0.15) is 0 Å². The summed E-state index contributed by atoms with van der Waals surface area (Å²) < 4.78 is 38.5. The fraction of sp³-hybridized carbons (Fsp3) is 0.500. The highest BCUT2D eigenvalue weighted by Crippen LogP contribution is 2.34. The van der Waals surface area contributed by atoms with E-state index in [1.807, 2.05) is 0 Å². The molecule has 0 saturated heterocycles. The molecule has 0 heterocycles. The van der Waals surface area contributed by atoms with Gasteiger partial charge in [-0.25, -0.2) is 0 Å². The first-order chi connectivity index (χ1) is 9.75. The molecule has 1 aromatic rings. The van der Waals surface area contributed by atoms with Crippen molar-refractivity contribution in [1.82, 2.24) is 0 Å². The zero-order valence-corrected chi connectivity index (χ0v) is 12.8. The third-order valence-electron chi connectivity index (χ3n) is 3.58. The number of hydrogen-bond donors (Lipinski definition) is 2. The molecule has 116 valence electrons. The van der Waals surface area contributed by atoms with E-state index < -0.39 is 11.7 Å². The largest absolute Gasteiger partial charge is 0.416 e. The maximum absolute atomic E-state index is 12.7. The van der Waals surface area contributed by atoms with E-state index in [0.717, 1.165) is 31.4 Å². The molecule has 0 spiro atoms. The molecule has 2 unspecified atom stereocenters. The zero-order valence-electron chi connectivity index (χ0n) is 11.2. The molecule has 2 atom stereocenters. The highest BCUT2D eigenvalue weighted by Gasteiger charge is 2.31. The fourth-order valence-electron chi connectivity index (χ4n) is 2.54. The highest BCUT2D eigenvalue weighted by molar-refractivity contribution is 9.10. The van der Waals surface area contributed by atoms with Crippen molar-refractivity contribution < 1.29 is 18.0 Å². The van der Waals surface area contributed by atoms with Gasteiger partial charge in [0.2, 0.25) is 5.91 Å². The molecule has 3 N–H and O–H groups in total. The number of hydrogen-bond acceptors (Lipinski definition) is 2. The van der Waals surface area contributed by atoms with E-state index in [1.54, 1.807) is 0 Å². The van der Waals surface area contributed by atoms with Crippen LogP contribution in [0.15, 0.2) is 22.7 Å². The summed E-state index contributed by atoms with van der Waals surface area (Å²) in [5.74, 6) is -0.501. The Kier molecular flexibility index (Phi) is 4.93. The van der Waals surface area contributed by atoms with Crippen molar-refractivity contribution >= 4 is 27.5 Å². The van der Waals surface area contributed by atoms with Crippen molar-refractivity contribution in [3.8, 4) is 0 Å². The molecule has 1 aliphatic carbocycles. The van der Waals surface area contributed by atoms with E-state index in [4.69, 9.17) is 5.73 Å². The van der Waals surface area contributed by atoms with Gasteiger partial charge in [0, 0.05) is 22.1 Å². The minimum atomic E-state index is -4.45. The summed E-state index contributed by atoms with van der Waals surface area (Å²) in [5.41, 5.74) is 5.17. The monoisotopic (exact) mass is 364 g/mol. The molecule has 2 rings (SSSR count). The van der Waals surface area contributed by atoms with E-state index in [0.29, 0.717) is 6.42 Å².